The second-order valence-electron chi connectivity index (χ2n) is 5.12. The van der Waals surface area contributed by atoms with Crippen molar-refractivity contribution in [3.8, 4) is 5.75 Å². The van der Waals surface area contributed by atoms with Crippen molar-refractivity contribution in [1.82, 2.24) is 0 Å². The first-order chi connectivity index (χ1) is 9.80. The van der Waals surface area contributed by atoms with Crippen molar-refractivity contribution in [2.75, 3.05) is 19.8 Å². The van der Waals surface area contributed by atoms with E-state index in [-0.39, 0.29) is 0 Å². The normalized spacial score (nSPS) is 17.2. The fourth-order valence-corrected chi connectivity index (χ4v) is 2.81. The molecule has 1 fully saturated rings. The molecule has 109 valence electrons. The summed E-state index contributed by atoms with van der Waals surface area (Å²) in [6.07, 6.45) is 4.51. The lowest BCUT2D eigenvalue weighted by atomic mass is 9.94. The summed E-state index contributed by atoms with van der Waals surface area (Å²) in [7, 11) is 3.15. The zero-order valence-electron chi connectivity index (χ0n) is 12.4. The lowest BCUT2D eigenvalue weighted by Crippen LogP contribution is -2.06. The molecule has 20 heavy (non-hydrogen) atoms. The summed E-state index contributed by atoms with van der Waals surface area (Å²) in [5.41, 5.74) is 4.16. The zero-order chi connectivity index (χ0) is 14.4. The summed E-state index contributed by atoms with van der Waals surface area (Å²) < 4.78 is 16.0. The van der Waals surface area contributed by atoms with Crippen LogP contribution < -0.4 is 4.43 Å². The van der Waals surface area contributed by atoms with Gasteiger partial charge in [0.2, 0.25) is 0 Å². The van der Waals surface area contributed by atoms with Crippen LogP contribution in [0.15, 0.2) is 12.1 Å². The molecule has 0 aromatic heterocycles. The van der Waals surface area contributed by atoms with Gasteiger partial charge in [0.15, 0.2) is 0 Å². The third-order valence-corrected chi connectivity index (χ3v) is 3.96. The molecular formula is C16H23O3Si. The zero-order valence-corrected chi connectivity index (χ0v) is 13.4. The molecular weight excluding hydrogens is 268 g/mol. The van der Waals surface area contributed by atoms with E-state index >= 15 is 0 Å². The first-order valence-electron chi connectivity index (χ1n) is 7.46. The van der Waals surface area contributed by atoms with Crippen molar-refractivity contribution in [3.63, 3.8) is 0 Å². The molecule has 3 radical (unpaired) electrons. The topological polar surface area (TPSA) is 31.0 Å². The molecule has 0 aliphatic carbocycles. The molecule has 1 heterocycles. The van der Waals surface area contributed by atoms with Crippen LogP contribution >= 0.6 is 0 Å². The average molecular weight is 291 g/mol. The van der Waals surface area contributed by atoms with Crippen molar-refractivity contribution in [2.24, 2.45) is 0 Å². The first kappa shape index (κ1) is 15.5. The van der Waals surface area contributed by atoms with Crippen LogP contribution in [-0.2, 0) is 28.7 Å². The van der Waals surface area contributed by atoms with Gasteiger partial charge in [-0.25, -0.2) is 0 Å². The van der Waals surface area contributed by atoms with Gasteiger partial charge < -0.3 is 13.9 Å². The molecule has 1 aliphatic rings. The predicted octanol–water partition coefficient (Wildman–Crippen LogP) is 2.62. The van der Waals surface area contributed by atoms with Crippen LogP contribution in [0.2, 0.25) is 0 Å². The molecule has 3 nitrogen and oxygen atoms in total. The van der Waals surface area contributed by atoms with Crippen molar-refractivity contribution >= 4 is 10.5 Å². The molecule has 1 atom stereocenters. The van der Waals surface area contributed by atoms with Gasteiger partial charge in [-0.2, -0.15) is 0 Å². The fourth-order valence-electron chi connectivity index (χ4n) is 2.62. The Bertz CT molecular complexity index is 430. The molecule has 0 saturated carbocycles. The SMILES string of the molecule is CCc1c(CCCOCC2CO2)ccc(O[Si])c1CC. The van der Waals surface area contributed by atoms with Gasteiger partial charge in [0.05, 0.1) is 13.2 Å². The van der Waals surface area contributed by atoms with Crippen LogP contribution in [0.1, 0.15) is 37.0 Å². The average Bonchev–Trinajstić information content (AvgIpc) is 3.30. The number of hydrogen-bond acceptors (Lipinski definition) is 3. The summed E-state index contributed by atoms with van der Waals surface area (Å²) >= 11 is 0. The Hall–Kier alpha value is -0.843. The van der Waals surface area contributed by atoms with E-state index in [1.165, 1.54) is 16.7 Å². The Morgan fingerprint density at radius 3 is 2.60 bits per heavy atom. The van der Waals surface area contributed by atoms with Gasteiger partial charge in [-0.15, -0.1) is 0 Å². The number of aryl methyl sites for hydroxylation is 1. The van der Waals surface area contributed by atoms with Crippen LogP contribution in [0, 0.1) is 0 Å². The van der Waals surface area contributed by atoms with Crippen molar-refractivity contribution in [3.05, 3.63) is 28.8 Å². The minimum Gasteiger partial charge on any atom is -0.540 e. The molecule has 0 bridgehead atoms. The summed E-state index contributed by atoms with van der Waals surface area (Å²) in [5.74, 6) is 0.937. The highest BCUT2D eigenvalue weighted by atomic mass is 28.2. The van der Waals surface area contributed by atoms with Gasteiger partial charge >= 0.3 is 10.5 Å². The lowest BCUT2D eigenvalue weighted by Gasteiger charge is -2.16. The van der Waals surface area contributed by atoms with Gasteiger partial charge in [-0.05, 0) is 48.4 Å². The summed E-state index contributed by atoms with van der Waals surface area (Å²) in [5, 5.41) is 0. The van der Waals surface area contributed by atoms with Crippen molar-refractivity contribution < 1.29 is 13.9 Å². The number of ether oxygens (including phenoxy) is 2. The largest absolute Gasteiger partial charge is 0.540 e. The molecule has 0 amide bonds. The molecule has 0 N–H and O–H groups in total. The molecule has 1 aromatic rings. The second kappa shape index (κ2) is 7.81. The maximum absolute atomic E-state index is 5.60. The summed E-state index contributed by atoms with van der Waals surface area (Å²) in [6.45, 7) is 6.80. The van der Waals surface area contributed by atoms with E-state index in [0.29, 0.717) is 6.10 Å². The Morgan fingerprint density at radius 2 is 2.00 bits per heavy atom. The van der Waals surface area contributed by atoms with Crippen LogP contribution in [0.3, 0.4) is 0 Å². The minimum absolute atomic E-state index is 0.364. The Labute approximate surface area is 125 Å². The van der Waals surface area contributed by atoms with Gasteiger partial charge in [0, 0.05) is 6.61 Å². The van der Waals surface area contributed by atoms with Gasteiger partial charge in [0.25, 0.3) is 0 Å². The Kier molecular flexibility index (Phi) is 6.07. The maximum Gasteiger partial charge on any atom is 0.341 e. The Balaban J connectivity index is 1.91. The summed E-state index contributed by atoms with van der Waals surface area (Å²) in [6, 6.07) is 4.23. The smallest absolute Gasteiger partial charge is 0.341 e. The van der Waals surface area contributed by atoms with E-state index in [9.17, 15) is 0 Å². The van der Waals surface area contributed by atoms with E-state index in [1.54, 1.807) is 0 Å². The molecule has 4 heteroatoms. The minimum atomic E-state index is 0.364. The molecule has 1 aromatic carbocycles. The summed E-state index contributed by atoms with van der Waals surface area (Å²) in [4.78, 5) is 0. The van der Waals surface area contributed by atoms with Gasteiger partial charge in [-0.3, -0.25) is 0 Å². The van der Waals surface area contributed by atoms with Crippen molar-refractivity contribution in [1.29, 1.82) is 0 Å². The number of epoxide rings is 1. The van der Waals surface area contributed by atoms with E-state index in [0.717, 1.165) is 51.3 Å². The highest BCUT2D eigenvalue weighted by Gasteiger charge is 2.22. The van der Waals surface area contributed by atoms with Gasteiger partial charge in [0.1, 0.15) is 11.9 Å². The predicted molar refractivity (Wildman–Crippen MR) is 80.5 cm³/mol. The molecule has 1 saturated heterocycles. The lowest BCUT2D eigenvalue weighted by molar-refractivity contribution is 0.114. The van der Waals surface area contributed by atoms with Crippen LogP contribution in [0.25, 0.3) is 0 Å². The fraction of sp³-hybridized carbons (Fsp3) is 0.625. The second-order valence-corrected chi connectivity index (χ2v) is 5.33. The molecule has 1 unspecified atom stereocenters. The number of benzene rings is 1. The molecule has 0 spiro atoms. The first-order valence-corrected chi connectivity index (χ1v) is 7.87. The monoisotopic (exact) mass is 291 g/mol. The molecule has 2 rings (SSSR count). The van der Waals surface area contributed by atoms with Crippen LogP contribution in [0.4, 0.5) is 0 Å². The van der Waals surface area contributed by atoms with Crippen molar-refractivity contribution in [2.45, 2.75) is 45.6 Å². The molecule has 1 aliphatic heterocycles. The third kappa shape index (κ3) is 4.07. The standard InChI is InChI=1S/C16H23O3Si/c1-3-14-12(6-5-9-17-10-13-11-18-13)7-8-16(19-20)15(14)4-2/h7-8,13H,3-6,9-11H2,1-2H3. The Morgan fingerprint density at radius 1 is 1.25 bits per heavy atom. The van der Waals surface area contributed by atoms with Gasteiger partial charge in [-0.1, -0.05) is 19.9 Å². The number of hydrogen-bond donors (Lipinski definition) is 0. The number of rotatable bonds is 9. The highest BCUT2D eigenvalue weighted by Crippen LogP contribution is 2.27. The highest BCUT2D eigenvalue weighted by molar-refractivity contribution is 6.00. The van der Waals surface area contributed by atoms with Crippen LogP contribution in [-0.4, -0.2) is 36.4 Å². The van der Waals surface area contributed by atoms with E-state index in [4.69, 9.17) is 13.9 Å². The third-order valence-electron chi connectivity index (χ3n) is 3.74. The van der Waals surface area contributed by atoms with Crippen LogP contribution in [0.5, 0.6) is 5.75 Å². The quantitative estimate of drug-likeness (QED) is 0.398. The van der Waals surface area contributed by atoms with E-state index in [1.807, 2.05) is 0 Å². The maximum atomic E-state index is 5.60. The van der Waals surface area contributed by atoms with E-state index in [2.05, 4.69) is 36.5 Å². The van der Waals surface area contributed by atoms with E-state index < -0.39 is 0 Å².